The number of hydrogen-bond donors (Lipinski definition) is 2. The van der Waals surface area contributed by atoms with Crippen molar-refractivity contribution in [3.8, 4) is 11.3 Å². The molecule has 0 amide bonds. The Morgan fingerprint density at radius 3 is 2.67 bits per heavy atom. The van der Waals surface area contributed by atoms with E-state index in [1.807, 2.05) is 45.0 Å². The molecule has 0 spiro atoms. The van der Waals surface area contributed by atoms with E-state index in [1.165, 1.54) is 5.56 Å². The molecule has 1 aromatic carbocycles. The maximum atomic E-state index is 10.2. The quantitative estimate of drug-likeness (QED) is 0.856. The van der Waals surface area contributed by atoms with Crippen LogP contribution in [0.5, 0.6) is 0 Å². The molecule has 0 saturated heterocycles. The van der Waals surface area contributed by atoms with Gasteiger partial charge in [-0.2, -0.15) is 0 Å². The van der Waals surface area contributed by atoms with Crippen LogP contribution in [-0.2, 0) is 6.54 Å². The van der Waals surface area contributed by atoms with Crippen molar-refractivity contribution in [2.24, 2.45) is 5.92 Å². The number of benzene rings is 1. The summed E-state index contributed by atoms with van der Waals surface area (Å²) in [5.41, 5.74) is 2.61. The van der Waals surface area contributed by atoms with Crippen molar-refractivity contribution >= 4 is 0 Å². The monoisotopic (exact) mass is 284 g/mol. The lowest BCUT2D eigenvalue weighted by Gasteiger charge is -2.28. The summed E-state index contributed by atoms with van der Waals surface area (Å²) in [6.45, 7) is 7.25. The highest BCUT2D eigenvalue weighted by molar-refractivity contribution is 5.59. The van der Waals surface area contributed by atoms with Crippen LogP contribution in [0.4, 0.5) is 0 Å². The highest BCUT2D eigenvalue weighted by Gasteiger charge is 2.23. The molecule has 2 rings (SSSR count). The minimum Gasteiger partial charge on any atom is -0.389 e. The van der Waals surface area contributed by atoms with E-state index < -0.39 is 5.60 Å². The molecule has 1 aromatic heterocycles. The molecule has 0 aliphatic rings. The van der Waals surface area contributed by atoms with Gasteiger partial charge in [-0.15, -0.1) is 0 Å². The first-order valence-corrected chi connectivity index (χ1v) is 7.42. The molecule has 1 unspecified atom stereocenters. The summed E-state index contributed by atoms with van der Waals surface area (Å²) < 4.78 is 0. The molecule has 3 heteroatoms. The molecule has 1 atom stereocenters. The van der Waals surface area contributed by atoms with Crippen LogP contribution in [-0.4, -0.2) is 22.2 Å². The van der Waals surface area contributed by atoms with Crippen LogP contribution < -0.4 is 5.32 Å². The molecule has 0 aliphatic carbocycles. The van der Waals surface area contributed by atoms with E-state index in [9.17, 15) is 5.11 Å². The number of aliphatic hydroxyl groups is 1. The molecule has 0 aliphatic heterocycles. The molecule has 0 bridgehead atoms. The van der Waals surface area contributed by atoms with E-state index in [2.05, 4.69) is 28.5 Å². The number of rotatable bonds is 6. The smallest absolute Gasteiger partial charge is 0.0766 e. The molecule has 3 nitrogen and oxygen atoms in total. The fourth-order valence-corrected chi connectivity index (χ4v) is 2.04. The topological polar surface area (TPSA) is 45.1 Å². The summed E-state index contributed by atoms with van der Waals surface area (Å²) in [7, 11) is 0. The van der Waals surface area contributed by atoms with Gasteiger partial charge in [-0.25, -0.2) is 0 Å². The zero-order valence-corrected chi connectivity index (χ0v) is 13.0. The lowest BCUT2D eigenvalue weighted by molar-refractivity contribution is 0.0140. The first-order chi connectivity index (χ1) is 9.99. The van der Waals surface area contributed by atoms with Crippen molar-refractivity contribution in [1.29, 1.82) is 0 Å². The van der Waals surface area contributed by atoms with Crippen LogP contribution in [0.2, 0.25) is 0 Å². The third-order valence-electron chi connectivity index (χ3n) is 3.94. The molecular weight excluding hydrogens is 260 g/mol. The summed E-state index contributed by atoms with van der Waals surface area (Å²) in [6, 6.07) is 14.3. The van der Waals surface area contributed by atoms with Crippen molar-refractivity contribution in [1.82, 2.24) is 10.3 Å². The van der Waals surface area contributed by atoms with Gasteiger partial charge >= 0.3 is 0 Å². The van der Waals surface area contributed by atoms with Gasteiger partial charge < -0.3 is 10.4 Å². The van der Waals surface area contributed by atoms with Gasteiger partial charge in [0, 0.05) is 24.8 Å². The van der Waals surface area contributed by atoms with Crippen molar-refractivity contribution < 1.29 is 5.11 Å². The third-order valence-corrected chi connectivity index (χ3v) is 3.94. The molecule has 21 heavy (non-hydrogen) atoms. The Balaban J connectivity index is 1.99. The second-order valence-corrected chi connectivity index (χ2v) is 6.03. The zero-order valence-electron chi connectivity index (χ0n) is 13.0. The van der Waals surface area contributed by atoms with Crippen LogP contribution in [0.3, 0.4) is 0 Å². The van der Waals surface area contributed by atoms with Crippen LogP contribution >= 0.6 is 0 Å². The van der Waals surface area contributed by atoms with Crippen LogP contribution in [0, 0.1) is 5.92 Å². The minimum atomic E-state index is -0.682. The van der Waals surface area contributed by atoms with E-state index >= 15 is 0 Å². The number of hydrogen-bond acceptors (Lipinski definition) is 3. The molecule has 2 aromatic rings. The third kappa shape index (κ3) is 4.38. The second kappa shape index (κ2) is 6.83. The van der Waals surface area contributed by atoms with Gasteiger partial charge in [0.05, 0.1) is 11.3 Å². The minimum absolute atomic E-state index is 0.227. The van der Waals surface area contributed by atoms with Crippen LogP contribution in [0.1, 0.15) is 26.3 Å². The largest absolute Gasteiger partial charge is 0.389 e. The second-order valence-electron chi connectivity index (χ2n) is 6.03. The first-order valence-electron chi connectivity index (χ1n) is 7.42. The summed E-state index contributed by atoms with van der Waals surface area (Å²) in [5, 5.41) is 13.6. The van der Waals surface area contributed by atoms with E-state index in [1.54, 1.807) is 6.20 Å². The fraction of sp³-hybridized carbons (Fsp3) is 0.389. The molecule has 0 saturated carbocycles. The van der Waals surface area contributed by atoms with Gasteiger partial charge in [-0.3, -0.25) is 4.98 Å². The van der Waals surface area contributed by atoms with E-state index in [0.29, 0.717) is 6.54 Å². The summed E-state index contributed by atoms with van der Waals surface area (Å²) in [4.78, 5) is 4.37. The normalized spacial score (nSPS) is 14.1. The van der Waals surface area contributed by atoms with E-state index in [4.69, 9.17) is 0 Å². The highest BCUT2D eigenvalue weighted by Crippen LogP contribution is 2.18. The van der Waals surface area contributed by atoms with E-state index in [-0.39, 0.29) is 5.92 Å². The lowest BCUT2D eigenvalue weighted by atomic mass is 9.92. The molecule has 0 fully saturated rings. The number of pyridine rings is 1. The molecular formula is C18H24N2O. The number of nitrogens with zero attached hydrogens (tertiary/aromatic N) is 1. The van der Waals surface area contributed by atoms with Gasteiger partial charge in [-0.05, 0) is 36.6 Å². The lowest BCUT2D eigenvalue weighted by Crippen LogP contribution is -2.41. The highest BCUT2D eigenvalue weighted by atomic mass is 16.3. The van der Waals surface area contributed by atoms with Crippen molar-refractivity contribution in [2.75, 3.05) is 6.54 Å². The first kappa shape index (κ1) is 15.7. The Hall–Kier alpha value is -1.71. The van der Waals surface area contributed by atoms with Crippen LogP contribution in [0.25, 0.3) is 11.3 Å². The Morgan fingerprint density at radius 2 is 2.00 bits per heavy atom. The Kier molecular flexibility index (Phi) is 5.10. The van der Waals surface area contributed by atoms with E-state index in [0.717, 1.165) is 17.8 Å². The maximum absolute atomic E-state index is 10.2. The standard InChI is InChI=1S/C18H24N2O/c1-14(2)18(3,21)13-19-12-15-7-6-8-16(11-15)17-9-4-5-10-20-17/h4-11,14,19,21H,12-13H2,1-3H3. The summed E-state index contributed by atoms with van der Waals surface area (Å²) in [5.74, 6) is 0.227. The predicted molar refractivity (Wildman–Crippen MR) is 86.8 cm³/mol. The Bertz CT molecular complexity index is 564. The van der Waals surface area contributed by atoms with Crippen LogP contribution in [0.15, 0.2) is 48.7 Å². The number of nitrogens with one attached hydrogen (secondary N) is 1. The van der Waals surface area contributed by atoms with Gasteiger partial charge in [0.15, 0.2) is 0 Å². The Morgan fingerprint density at radius 1 is 1.19 bits per heavy atom. The van der Waals surface area contributed by atoms with Crippen molar-refractivity contribution in [3.63, 3.8) is 0 Å². The van der Waals surface area contributed by atoms with Gasteiger partial charge in [-0.1, -0.05) is 38.1 Å². The summed E-state index contributed by atoms with van der Waals surface area (Å²) >= 11 is 0. The molecule has 0 radical (unpaired) electrons. The molecule has 2 N–H and O–H groups in total. The molecule has 112 valence electrons. The average Bonchev–Trinajstić information content (AvgIpc) is 2.48. The summed E-state index contributed by atoms with van der Waals surface area (Å²) in [6.07, 6.45) is 1.81. The average molecular weight is 284 g/mol. The zero-order chi connectivity index (χ0) is 15.3. The van der Waals surface area contributed by atoms with Crippen molar-refractivity contribution in [2.45, 2.75) is 32.9 Å². The van der Waals surface area contributed by atoms with Gasteiger partial charge in [0.2, 0.25) is 0 Å². The molecule has 1 heterocycles. The number of aromatic nitrogens is 1. The fourth-order valence-electron chi connectivity index (χ4n) is 2.04. The van der Waals surface area contributed by atoms with Crippen molar-refractivity contribution in [3.05, 3.63) is 54.2 Å². The SMILES string of the molecule is CC(C)C(C)(O)CNCc1cccc(-c2ccccn2)c1. The predicted octanol–water partition coefficient (Wildman–Crippen LogP) is 3.25. The van der Waals surface area contributed by atoms with Gasteiger partial charge in [0.25, 0.3) is 0 Å². The Labute approximate surface area is 127 Å². The van der Waals surface area contributed by atoms with Gasteiger partial charge in [0.1, 0.15) is 0 Å². The maximum Gasteiger partial charge on any atom is 0.0766 e.